The van der Waals surface area contributed by atoms with Crippen LogP contribution in [0.5, 0.6) is 11.5 Å². The third-order valence-electron chi connectivity index (χ3n) is 4.10. The van der Waals surface area contributed by atoms with Crippen LogP contribution in [0, 0.1) is 0 Å². The zero-order valence-corrected chi connectivity index (χ0v) is 14.8. The highest BCUT2D eigenvalue weighted by Crippen LogP contribution is 2.37. The lowest BCUT2D eigenvalue weighted by Crippen LogP contribution is -2.31. The molecule has 0 fully saturated rings. The first-order valence-electron chi connectivity index (χ1n) is 8.04. The molecule has 1 atom stereocenters. The van der Waals surface area contributed by atoms with Gasteiger partial charge in [-0.25, -0.2) is 8.42 Å². The molecular formula is C18H15NO7S. The Morgan fingerprint density at radius 3 is 2.56 bits per heavy atom. The number of hydrogen-bond donors (Lipinski definition) is 1. The number of amides is 1. The van der Waals surface area contributed by atoms with Crippen molar-refractivity contribution < 1.29 is 31.5 Å². The number of sulfone groups is 1. The number of furan rings is 2. The van der Waals surface area contributed by atoms with Gasteiger partial charge in [0.25, 0.3) is 5.91 Å². The van der Waals surface area contributed by atoms with Gasteiger partial charge in [0.15, 0.2) is 27.1 Å². The van der Waals surface area contributed by atoms with E-state index in [1.165, 1.54) is 36.8 Å². The van der Waals surface area contributed by atoms with Gasteiger partial charge in [-0.15, -0.1) is 0 Å². The van der Waals surface area contributed by atoms with Crippen molar-refractivity contribution in [2.75, 3.05) is 13.3 Å². The zero-order chi connectivity index (χ0) is 18.9. The van der Waals surface area contributed by atoms with Crippen LogP contribution in [-0.4, -0.2) is 27.7 Å². The lowest BCUT2D eigenvalue weighted by atomic mass is 10.3. The van der Waals surface area contributed by atoms with Crippen LogP contribution >= 0.6 is 0 Å². The number of ether oxygens (including phenoxy) is 2. The molecule has 1 aromatic carbocycles. The van der Waals surface area contributed by atoms with Crippen LogP contribution in [-0.2, 0) is 9.84 Å². The Balaban J connectivity index is 1.63. The van der Waals surface area contributed by atoms with Gasteiger partial charge in [-0.3, -0.25) is 4.79 Å². The Kier molecular flexibility index (Phi) is 4.36. The van der Waals surface area contributed by atoms with Crippen molar-refractivity contribution in [1.29, 1.82) is 0 Å². The number of benzene rings is 1. The largest absolute Gasteiger partial charge is 0.468 e. The summed E-state index contributed by atoms with van der Waals surface area (Å²) >= 11 is 0. The van der Waals surface area contributed by atoms with Crippen molar-refractivity contribution in [2.24, 2.45) is 0 Å². The molecule has 0 aliphatic carbocycles. The molecule has 1 aliphatic rings. The molecule has 0 unspecified atom stereocenters. The smallest absolute Gasteiger partial charge is 0.287 e. The fourth-order valence-electron chi connectivity index (χ4n) is 2.74. The quantitative estimate of drug-likeness (QED) is 0.690. The maximum Gasteiger partial charge on any atom is 0.287 e. The monoisotopic (exact) mass is 389 g/mol. The number of carbonyl (C=O) groups excluding carboxylic acids is 1. The average Bonchev–Trinajstić information content (AvgIpc) is 3.42. The molecule has 0 saturated carbocycles. The highest BCUT2D eigenvalue weighted by molar-refractivity contribution is 7.91. The lowest BCUT2D eigenvalue weighted by molar-refractivity contribution is 0.0925. The van der Waals surface area contributed by atoms with Crippen molar-refractivity contribution >= 4 is 15.7 Å². The van der Waals surface area contributed by atoms with E-state index in [9.17, 15) is 13.2 Å². The van der Waals surface area contributed by atoms with Gasteiger partial charge in [0.2, 0.25) is 6.79 Å². The Morgan fingerprint density at radius 2 is 1.81 bits per heavy atom. The summed E-state index contributed by atoms with van der Waals surface area (Å²) < 4.78 is 47.2. The number of fused-ring (bicyclic) bond motifs is 1. The molecule has 0 bridgehead atoms. The van der Waals surface area contributed by atoms with Gasteiger partial charge in [-0.1, -0.05) is 0 Å². The van der Waals surface area contributed by atoms with Gasteiger partial charge < -0.3 is 23.6 Å². The maximum atomic E-state index is 13.2. The van der Waals surface area contributed by atoms with Gasteiger partial charge in [-0.2, -0.15) is 0 Å². The molecule has 4 rings (SSSR count). The highest BCUT2D eigenvalue weighted by atomic mass is 32.2. The predicted molar refractivity (Wildman–Crippen MR) is 92.2 cm³/mol. The molecule has 3 heterocycles. The van der Waals surface area contributed by atoms with E-state index in [-0.39, 0.29) is 29.8 Å². The molecule has 2 aromatic heterocycles. The third kappa shape index (κ3) is 3.28. The second kappa shape index (κ2) is 6.84. The molecule has 27 heavy (non-hydrogen) atoms. The van der Waals surface area contributed by atoms with Gasteiger partial charge in [0, 0.05) is 12.6 Å². The van der Waals surface area contributed by atoms with Crippen LogP contribution in [0.15, 0.2) is 68.7 Å². The van der Waals surface area contributed by atoms with E-state index in [0.717, 1.165) is 0 Å². The van der Waals surface area contributed by atoms with Crippen LogP contribution in [0.25, 0.3) is 0 Å². The molecule has 0 spiro atoms. The third-order valence-corrected chi connectivity index (χ3v) is 6.16. The zero-order valence-electron chi connectivity index (χ0n) is 14.0. The summed E-state index contributed by atoms with van der Waals surface area (Å²) in [4.78, 5) is 12.2. The number of carbonyl (C=O) groups is 1. The van der Waals surface area contributed by atoms with Crippen molar-refractivity contribution in [3.8, 4) is 11.5 Å². The fraction of sp³-hybridized carbons (Fsp3) is 0.167. The number of nitrogens with one attached hydrogen (secondary N) is 1. The summed E-state index contributed by atoms with van der Waals surface area (Å²) in [6.07, 6.45) is 2.74. The number of hydrogen-bond acceptors (Lipinski definition) is 7. The summed E-state index contributed by atoms with van der Waals surface area (Å²) in [5.41, 5.74) is 0. The SMILES string of the molecule is O=C(NC[C@@H](c1ccco1)S(=O)(=O)c1ccc2c(c1)OCO2)c1ccco1. The Bertz CT molecular complexity index is 1040. The Labute approximate surface area is 154 Å². The van der Waals surface area contributed by atoms with E-state index in [4.69, 9.17) is 18.3 Å². The normalized spacial score (nSPS) is 14.1. The first kappa shape index (κ1) is 17.2. The molecule has 140 valence electrons. The Hall–Kier alpha value is -3.20. The molecule has 1 amide bonds. The first-order chi connectivity index (χ1) is 13.1. The molecule has 1 N–H and O–H groups in total. The van der Waals surface area contributed by atoms with Gasteiger partial charge in [-0.05, 0) is 36.4 Å². The summed E-state index contributed by atoms with van der Waals surface area (Å²) in [6.45, 7) is -0.149. The van der Waals surface area contributed by atoms with E-state index >= 15 is 0 Å². The molecule has 1 aliphatic heterocycles. The molecule has 0 saturated heterocycles. The van der Waals surface area contributed by atoms with Gasteiger partial charge in [0.05, 0.1) is 17.4 Å². The van der Waals surface area contributed by atoms with Crippen LogP contribution in [0.1, 0.15) is 21.6 Å². The minimum absolute atomic E-state index is 0.0413. The van der Waals surface area contributed by atoms with E-state index < -0.39 is 21.0 Å². The second-order valence-electron chi connectivity index (χ2n) is 5.75. The Morgan fingerprint density at radius 1 is 1.04 bits per heavy atom. The molecular weight excluding hydrogens is 374 g/mol. The first-order valence-corrected chi connectivity index (χ1v) is 9.59. The predicted octanol–water partition coefficient (Wildman–Crippen LogP) is 2.55. The van der Waals surface area contributed by atoms with E-state index in [1.807, 2.05) is 0 Å². The van der Waals surface area contributed by atoms with E-state index in [0.29, 0.717) is 11.5 Å². The summed E-state index contributed by atoms with van der Waals surface area (Å²) in [7, 11) is -3.88. The highest BCUT2D eigenvalue weighted by Gasteiger charge is 2.33. The minimum atomic E-state index is -3.88. The van der Waals surface area contributed by atoms with Crippen molar-refractivity contribution in [2.45, 2.75) is 10.1 Å². The number of rotatable bonds is 6. The topological polar surface area (TPSA) is 108 Å². The van der Waals surface area contributed by atoms with Gasteiger partial charge in [0.1, 0.15) is 11.0 Å². The van der Waals surface area contributed by atoms with Crippen LogP contribution in [0.2, 0.25) is 0 Å². The minimum Gasteiger partial charge on any atom is -0.468 e. The average molecular weight is 389 g/mol. The lowest BCUT2D eigenvalue weighted by Gasteiger charge is -2.16. The maximum absolute atomic E-state index is 13.2. The van der Waals surface area contributed by atoms with Crippen molar-refractivity contribution in [3.05, 3.63) is 66.5 Å². The van der Waals surface area contributed by atoms with Crippen molar-refractivity contribution in [3.63, 3.8) is 0 Å². The van der Waals surface area contributed by atoms with E-state index in [1.54, 1.807) is 18.2 Å². The molecule has 3 aromatic rings. The molecule has 8 nitrogen and oxygen atoms in total. The summed E-state index contributed by atoms with van der Waals surface area (Å²) in [6, 6.07) is 10.6. The van der Waals surface area contributed by atoms with E-state index in [2.05, 4.69) is 5.32 Å². The standard InChI is InChI=1S/C18H15NO7S/c20-18(15-4-2-8-24-15)19-10-17(14-3-1-7-23-14)27(21,22)12-5-6-13-16(9-12)26-11-25-13/h1-9,17H,10-11H2,(H,19,20)/t17-/m0/s1. The van der Waals surface area contributed by atoms with Gasteiger partial charge >= 0.3 is 0 Å². The summed E-state index contributed by atoms with van der Waals surface area (Å²) in [5.74, 6) is 0.627. The molecule has 9 heteroatoms. The fourth-order valence-corrected chi connectivity index (χ4v) is 4.34. The van der Waals surface area contributed by atoms with Crippen LogP contribution in [0.3, 0.4) is 0 Å². The van der Waals surface area contributed by atoms with Crippen molar-refractivity contribution in [1.82, 2.24) is 5.32 Å². The summed E-state index contributed by atoms with van der Waals surface area (Å²) in [5, 5.41) is 1.46. The second-order valence-corrected chi connectivity index (χ2v) is 7.88. The molecule has 0 radical (unpaired) electrons. The van der Waals surface area contributed by atoms with Crippen LogP contribution in [0.4, 0.5) is 0 Å². The van der Waals surface area contributed by atoms with Crippen LogP contribution < -0.4 is 14.8 Å².